The van der Waals surface area contributed by atoms with Crippen LogP contribution in [0, 0.1) is 24.2 Å². The third-order valence-electron chi connectivity index (χ3n) is 10.7. The summed E-state index contributed by atoms with van der Waals surface area (Å²) in [5.41, 5.74) is 0.967. The molecule has 2 amide bonds. The maximum Gasteiger partial charge on any atom is 0.347 e. The minimum atomic E-state index is -1.23. The minimum absolute atomic E-state index is 0.0109. The van der Waals surface area contributed by atoms with E-state index >= 15 is 0 Å². The summed E-state index contributed by atoms with van der Waals surface area (Å²) in [5.74, 6) is -1.58. The Morgan fingerprint density at radius 2 is 1.86 bits per heavy atom. The summed E-state index contributed by atoms with van der Waals surface area (Å²) >= 11 is 7.85. The van der Waals surface area contributed by atoms with Gasteiger partial charge < -0.3 is 9.84 Å². The van der Waals surface area contributed by atoms with Crippen LogP contribution in [0.5, 0.6) is 11.5 Å². The van der Waals surface area contributed by atoms with Crippen LogP contribution >= 0.6 is 22.9 Å². The van der Waals surface area contributed by atoms with Gasteiger partial charge in [0.15, 0.2) is 11.5 Å². The van der Waals surface area contributed by atoms with Crippen molar-refractivity contribution in [3.8, 4) is 22.1 Å². The SMILES string of the molecule is COc1cc(C=C[C@H]2C3=CCn4c(=O)n(C)c(=O)n4[C@@H]3C[C@H]3C(=O)N(c4cc(-c5sc6ccc(Cl)cc6c5C)nn4C)C(=O)[C@@]23C)ccc1O. The zero-order valence-corrected chi connectivity index (χ0v) is 29.5. The monoisotopic (exact) mass is 712 g/mol. The number of ether oxygens (including phenoxy) is 1. The molecule has 8 rings (SSSR count). The molecular weight excluding hydrogens is 680 g/mol. The van der Waals surface area contributed by atoms with Crippen LogP contribution in [0.4, 0.5) is 5.82 Å². The normalized spacial score (nSPS) is 23.0. The van der Waals surface area contributed by atoms with Crippen LogP contribution in [-0.4, -0.2) is 47.7 Å². The Kier molecular flexibility index (Phi) is 7.18. The van der Waals surface area contributed by atoms with E-state index in [0.29, 0.717) is 22.1 Å². The van der Waals surface area contributed by atoms with Gasteiger partial charge in [-0.05, 0) is 72.7 Å². The number of phenolic OH excluding ortho intramolecular Hbond substituents is 1. The largest absolute Gasteiger partial charge is 0.504 e. The molecular formula is C36H33ClN6O6S. The predicted octanol–water partition coefficient (Wildman–Crippen LogP) is 5.05. The van der Waals surface area contributed by atoms with E-state index in [1.54, 1.807) is 41.3 Å². The second-order valence-corrected chi connectivity index (χ2v) is 14.8. The summed E-state index contributed by atoms with van der Waals surface area (Å²) in [7, 11) is 4.61. The number of nitrogens with zero attached hydrogens (tertiary/aromatic N) is 6. The number of aromatic hydroxyl groups is 1. The Hall–Kier alpha value is -5.14. The molecule has 3 aliphatic rings. The van der Waals surface area contributed by atoms with E-state index in [-0.39, 0.29) is 36.3 Å². The molecule has 5 heterocycles. The first kappa shape index (κ1) is 32.1. The van der Waals surface area contributed by atoms with Crippen molar-refractivity contribution in [3.63, 3.8) is 0 Å². The molecule has 1 saturated heterocycles. The van der Waals surface area contributed by atoms with Crippen LogP contribution in [0.1, 0.15) is 30.5 Å². The number of allylic oxidation sites excluding steroid dienone is 3. The van der Waals surface area contributed by atoms with E-state index in [0.717, 1.165) is 30.7 Å². The lowest BCUT2D eigenvalue weighted by atomic mass is 9.58. The van der Waals surface area contributed by atoms with Gasteiger partial charge in [0.25, 0.3) is 0 Å². The lowest BCUT2D eigenvalue weighted by Crippen LogP contribution is -2.49. The van der Waals surface area contributed by atoms with Crippen molar-refractivity contribution in [2.75, 3.05) is 12.0 Å². The second kappa shape index (κ2) is 11.2. The van der Waals surface area contributed by atoms with Crippen molar-refractivity contribution in [1.82, 2.24) is 23.7 Å². The number of carbonyl (C=O) groups excluding carboxylic acids is 2. The second-order valence-electron chi connectivity index (χ2n) is 13.3. The smallest absolute Gasteiger partial charge is 0.347 e. The van der Waals surface area contributed by atoms with Gasteiger partial charge in [-0.3, -0.25) is 14.3 Å². The molecule has 0 unspecified atom stereocenters. The highest BCUT2D eigenvalue weighted by molar-refractivity contribution is 7.22. The number of phenols is 1. The Balaban J connectivity index is 1.25. The first-order chi connectivity index (χ1) is 23.8. The number of thiophene rings is 1. The maximum atomic E-state index is 14.8. The van der Waals surface area contributed by atoms with E-state index in [4.69, 9.17) is 21.4 Å². The highest BCUT2D eigenvalue weighted by Gasteiger charge is 2.65. The van der Waals surface area contributed by atoms with Gasteiger partial charge in [0.1, 0.15) is 11.5 Å². The number of aromatic nitrogens is 5. The third-order valence-corrected chi connectivity index (χ3v) is 12.2. The van der Waals surface area contributed by atoms with Crippen molar-refractivity contribution < 1.29 is 19.4 Å². The molecule has 0 radical (unpaired) electrons. The van der Waals surface area contributed by atoms with Gasteiger partial charge in [-0.2, -0.15) is 5.10 Å². The van der Waals surface area contributed by atoms with Crippen LogP contribution in [0.25, 0.3) is 26.7 Å². The van der Waals surface area contributed by atoms with Gasteiger partial charge in [-0.1, -0.05) is 35.9 Å². The molecule has 2 aromatic carbocycles. The molecule has 1 aliphatic carbocycles. The van der Waals surface area contributed by atoms with Crippen LogP contribution in [0.3, 0.4) is 0 Å². The molecule has 0 spiro atoms. The fraction of sp³-hybridized carbons (Fsp3) is 0.306. The lowest BCUT2D eigenvalue weighted by Gasteiger charge is -2.45. The fourth-order valence-electron chi connectivity index (χ4n) is 8.03. The van der Waals surface area contributed by atoms with Crippen molar-refractivity contribution in [2.24, 2.45) is 31.3 Å². The van der Waals surface area contributed by atoms with Gasteiger partial charge in [-0.25, -0.2) is 28.4 Å². The van der Waals surface area contributed by atoms with Crippen LogP contribution in [-0.2, 0) is 30.2 Å². The van der Waals surface area contributed by atoms with E-state index in [1.165, 1.54) is 34.5 Å². The minimum Gasteiger partial charge on any atom is -0.504 e. The molecule has 1 saturated carbocycles. The Morgan fingerprint density at radius 3 is 2.62 bits per heavy atom. The van der Waals surface area contributed by atoms with Crippen LogP contribution in [0.2, 0.25) is 5.02 Å². The molecule has 256 valence electrons. The van der Waals surface area contributed by atoms with Gasteiger partial charge in [0.05, 0.1) is 35.9 Å². The molecule has 2 fully saturated rings. The van der Waals surface area contributed by atoms with Gasteiger partial charge in [0, 0.05) is 35.8 Å². The molecule has 4 atom stereocenters. The summed E-state index contributed by atoms with van der Waals surface area (Å²) in [5, 5.41) is 16.6. The molecule has 12 nitrogen and oxygen atoms in total. The van der Waals surface area contributed by atoms with Crippen molar-refractivity contribution in [3.05, 3.63) is 97.3 Å². The molecule has 0 bridgehead atoms. The predicted molar refractivity (Wildman–Crippen MR) is 191 cm³/mol. The molecule has 5 aromatic rings. The quantitative estimate of drug-likeness (QED) is 0.199. The number of anilines is 1. The number of rotatable bonds is 5. The van der Waals surface area contributed by atoms with E-state index in [1.807, 2.05) is 50.3 Å². The third kappa shape index (κ3) is 4.39. The van der Waals surface area contributed by atoms with Crippen LogP contribution in [0.15, 0.2) is 69.8 Å². The number of hydrogen-bond donors (Lipinski definition) is 1. The first-order valence-electron chi connectivity index (χ1n) is 16.1. The van der Waals surface area contributed by atoms with Gasteiger partial charge in [0.2, 0.25) is 11.8 Å². The molecule has 3 aromatic heterocycles. The molecule has 14 heteroatoms. The van der Waals surface area contributed by atoms with Gasteiger partial charge >= 0.3 is 11.4 Å². The van der Waals surface area contributed by atoms with Crippen molar-refractivity contribution in [2.45, 2.75) is 32.9 Å². The summed E-state index contributed by atoms with van der Waals surface area (Å²) < 4.78 is 11.8. The zero-order chi connectivity index (χ0) is 35.4. The molecule has 1 N–H and O–H groups in total. The Morgan fingerprint density at radius 1 is 1.08 bits per heavy atom. The summed E-state index contributed by atoms with van der Waals surface area (Å²) in [4.78, 5) is 58.0. The first-order valence-corrected chi connectivity index (χ1v) is 17.3. The average Bonchev–Trinajstić information content (AvgIpc) is 3.76. The zero-order valence-electron chi connectivity index (χ0n) is 27.9. The Labute approximate surface area is 294 Å². The number of hydrogen-bond acceptors (Lipinski definition) is 8. The van der Waals surface area contributed by atoms with Crippen LogP contribution < -0.4 is 21.0 Å². The number of aryl methyl sites for hydroxylation is 2. The summed E-state index contributed by atoms with van der Waals surface area (Å²) in [6, 6.07) is 11.8. The molecule has 2 aliphatic heterocycles. The highest BCUT2D eigenvalue weighted by Crippen LogP contribution is 2.58. The fourth-order valence-corrected chi connectivity index (χ4v) is 9.34. The number of amides is 2. The number of benzene rings is 2. The van der Waals surface area contributed by atoms with Crippen molar-refractivity contribution in [1.29, 1.82) is 0 Å². The standard InChI is InChI=1S/C36H33ClN6O6S/c1-18-22-15-20(37)8-11-29(22)50-31(18)25-17-30(40(4)38-25)42-32(45)24-16-26-21(12-13-41-34(47)39(3)35(48)43(26)41)23(36(24,2)33(42)46)9-6-19-7-10-27(44)28(14-19)49-5/h6-12,14-15,17,23-24,26,44H,13,16H2,1-5H3/t23-,24-,26+,36-/m0/s1. The number of methoxy groups -OCH3 is 1. The molecule has 50 heavy (non-hydrogen) atoms. The lowest BCUT2D eigenvalue weighted by molar-refractivity contribution is -0.129. The summed E-state index contributed by atoms with van der Waals surface area (Å²) in [6.07, 6.45) is 5.77. The number of carbonyl (C=O) groups is 2. The number of fused-ring (bicyclic) bond motifs is 5. The number of imide groups is 1. The number of halogens is 1. The van der Waals surface area contributed by atoms with Crippen molar-refractivity contribution >= 4 is 56.7 Å². The van der Waals surface area contributed by atoms with E-state index in [9.17, 15) is 24.3 Å². The van der Waals surface area contributed by atoms with Gasteiger partial charge in [-0.15, -0.1) is 11.3 Å². The Bertz CT molecular complexity index is 2480. The van der Waals surface area contributed by atoms with E-state index in [2.05, 4.69) is 0 Å². The summed E-state index contributed by atoms with van der Waals surface area (Å²) in [6.45, 7) is 3.96. The van der Waals surface area contributed by atoms with E-state index < -0.39 is 34.7 Å². The maximum absolute atomic E-state index is 14.8. The topological polar surface area (TPSA) is 134 Å². The highest BCUT2D eigenvalue weighted by atomic mass is 35.5. The average molecular weight is 713 g/mol.